The molecule has 100 valence electrons. The van der Waals surface area contributed by atoms with Crippen molar-refractivity contribution in [3.8, 4) is 0 Å². The molecule has 0 amide bonds. The Morgan fingerprint density at radius 2 is 2.06 bits per heavy atom. The molecule has 3 heteroatoms. The Balaban J connectivity index is 2.19. The summed E-state index contributed by atoms with van der Waals surface area (Å²) < 4.78 is 0. The van der Waals surface area contributed by atoms with Gasteiger partial charge in [-0.2, -0.15) is 0 Å². The molecule has 1 aliphatic rings. The van der Waals surface area contributed by atoms with E-state index in [1.807, 2.05) is 18.2 Å². The molecule has 0 bridgehead atoms. The maximum absolute atomic E-state index is 9.55. The van der Waals surface area contributed by atoms with Crippen LogP contribution >= 0.6 is 11.6 Å². The van der Waals surface area contributed by atoms with Crippen LogP contribution in [0.25, 0.3) is 0 Å². The Morgan fingerprint density at radius 3 is 2.61 bits per heavy atom. The Kier molecular flexibility index (Phi) is 4.18. The number of anilines is 1. The van der Waals surface area contributed by atoms with Crippen molar-refractivity contribution in [2.24, 2.45) is 11.8 Å². The van der Waals surface area contributed by atoms with Gasteiger partial charge in [-0.1, -0.05) is 31.5 Å². The second-order valence-electron chi connectivity index (χ2n) is 5.58. The molecule has 1 N–H and O–H groups in total. The molecule has 2 nitrogen and oxygen atoms in total. The molecule has 1 aliphatic heterocycles. The summed E-state index contributed by atoms with van der Waals surface area (Å²) in [7, 11) is 0. The first-order chi connectivity index (χ1) is 8.49. The summed E-state index contributed by atoms with van der Waals surface area (Å²) >= 11 is 6.34. The molecule has 18 heavy (non-hydrogen) atoms. The van der Waals surface area contributed by atoms with Gasteiger partial charge in [-0.3, -0.25) is 0 Å². The van der Waals surface area contributed by atoms with Gasteiger partial charge in [0.25, 0.3) is 0 Å². The molecule has 0 aliphatic carbocycles. The van der Waals surface area contributed by atoms with Gasteiger partial charge in [0.05, 0.1) is 16.8 Å². The topological polar surface area (TPSA) is 23.5 Å². The van der Waals surface area contributed by atoms with Crippen LogP contribution in [0.15, 0.2) is 18.2 Å². The number of nitrogens with zero attached hydrogens (tertiary/aromatic N) is 1. The van der Waals surface area contributed by atoms with Crippen molar-refractivity contribution < 1.29 is 5.11 Å². The normalized spacial score (nSPS) is 26.2. The fourth-order valence-corrected chi connectivity index (χ4v) is 2.83. The van der Waals surface area contributed by atoms with Gasteiger partial charge in [0.15, 0.2) is 0 Å². The van der Waals surface area contributed by atoms with Crippen molar-refractivity contribution in [2.45, 2.75) is 33.3 Å². The second-order valence-corrected chi connectivity index (χ2v) is 5.98. The standard InChI is InChI=1S/C15H22ClNO/c1-10-6-7-17(9-11(10)2)15-5-4-13(12(3)18)8-14(15)16/h4-5,8,10-12,18H,6-7,9H2,1-3H3/t10?,11?,12-/m1/s1. The van der Waals surface area contributed by atoms with Gasteiger partial charge in [0, 0.05) is 13.1 Å². The zero-order valence-electron chi connectivity index (χ0n) is 11.4. The van der Waals surface area contributed by atoms with Crippen LogP contribution < -0.4 is 4.90 Å². The Labute approximate surface area is 115 Å². The quantitative estimate of drug-likeness (QED) is 0.879. The van der Waals surface area contributed by atoms with Crippen LogP contribution in [-0.2, 0) is 0 Å². The molecule has 0 aromatic heterocycles. The fourth-order valence-electron chi connectivity index (χ4n) is 2.52. The molecule has 1 aromatic rings. The Hall–Kier alpha value is -0.730. The van der Waals surface area contributed by atoms with E-state index < -0.39 is 6.10 Å². The highest BCUT2D eigenvalue weighted by Gasteiger charge is 2.24. The first-order valence-corrected chi connectivity index (χ1v) is 7.09. The summed E-state index contributed by atoms with van der Waals surface area (Å²) in [6, 6.07) is 5.88. The second kappa shape index (κ2) is 5.50. The van der Waals surface area contributed by atoms with Crippen LogP contribution in [-0.4, -0.2) is 18.2 Å². The number of piperidine rings is 1. The van der Waals surface area contributed by atoms with Crippen molar-refractivity contribution in [1.82, 2.24) is 0 Å². The number of halogens is 1. The number of hydrogen-bond acceptors (Lipinski definition) is 2. The zero-order chi connectivity index (χ0) is 13.3. The molecule has 1 saturated heterocycles. The molecule has 1 aromatic carbocycles. The van der Waals surface area contributed by atoms with Crippen LogP contribution in [0.1, 0.15) is 38.9 Å². The van der Waals surface area contributed by atoms with Crippen molar-refractivity contribution in [3.05, 3.63) is 28.8 Å². The molecule has 2 rings (SSSR count). The van der Waals surface area contributed by atoms with Gasteiger partial charge in [-0.05, 0) is 42.9 Å². The van der Waals surface area contributed by atoms with Crippen LogP contribution in [0.3, 0.4) is 0 Å². The van der Waals surface area contributed by atoms with E-state index in [9.17, 15) is 5.11 Å². The lowest BCUT2D eigenvalue weighted by Gasteiger charge is -2.37. The zero-order valence-corrected chi connectivity index (χ0v) is 12.1. The maximum atomic E-state index is 9.55. The Bertz CT molecular complexity index is 419. The van der Waals surface area contributed by atoms with E-state index in [1.165, 1.54) is 6.42 Å². The number of aliphatic hydroxyl groups is 1. The molecular weight excluding hydrogens is 246 g/mol. The SMILES string of the molecule is CC1CCN(c2ccc([C@@H](C)O)cc2Cl)CC1C. The summed E-state index contributed by atoms with van der Waals surface area (Å²) in [6.07, 6.45) is 0.757. The minimum absolute atomic E-state index is 0.461. The predicted octanol–water partition coefficient (Wildman–Crippen LogP) is 3.88. The first-order valence-electron chi connectivity index (χ1n) is 6.71. The maximum Gasteiger partial charge on any atom is 0.0762 e. The number of hydrogen-bond donors (Lipinski definition) is 1. The van der Waals surface area contributed by atoms with Crippen molar-refractivity contribution in [3.63, 3.8) is 0 Å². The summed E-state index contributed by atoms with van der Waals surface area (Å²) in [5.74, 6) is 1.49. The van der Waals surface area contributed by atoms with Crippen LogP contribution in [0.5, 0.6) is 0 Å². The highest BCUT2D eigenvalue weighted by atomic mass is 35.5. The van der Waals surface area contributed by atoms with Gasteiger partial charge in [-0.15, -0.1) is 0 Å². The van der Waals surface area contributed by atoms with E-state index in [-0.39, 0.29) is 0 Å². The molecule has 0 saturated carbocycles. The molecule has 1 heterocycles. The summed E-state index contributed by atoms with van der Waals surface area (Å²) in [5.41, 5.74) is 1.97. The van der Waals surface area contributed by atoms with E-state index in [0.29, 0.717) is 5.92 Å². The molecule has 0 radical (unpaired) electrons. The van der Waals surface area contributed by atoms with Gasteiger partial charge >= 0.3 is 0 Å². The van der Waals surface area contributed by atoms with E-state index in [4.69, 9.17) is 11.6 Å². The van der Waals surface area contributed by atoms with Crippen molar-refractivity contribution in [2.75, 3.05) is 18.0 Å². The van der Waals surface area contributed by atoms with Crippen LogP contribution in [0.4, 0.5) is 5.69 Å². The minimum Gasteiger partial charge on any atom is -0.389 e. The van der Waals surface area contributed by atoms with E-state index in [2.05, 4.69) is 18.7 Å². The summed E-state index contributed by atoms with van der Waals surface area (Å²) in [4.78, 5) is 2.36. The Morgan fingerprint density at radius 1 is 1.33 bits per heavy atom. The van der Waals surface area contributed by atoms with Gasteiger partial charge in [-0.25, -0.2) is 0 Å². The van der Waals surface area contributed by atoms with Gasteiger partial charge in [0.1, 0.15) is 0 Å². The van der Waals surface area contributed by atoms with Gasteiger partial charge < -0.3 is 10.0 Å². The van der Waals surface area contributed by atoms with E-state index >= 15 is 0 Å². The van der Waals surface area contributed by atoms with Crippen LogP contribution in [0.2, 0.25) is 5.02 Å². The highest BCUT2D eigenvalue weighted by molar-refractivity contribution is 6.33. The molecule has 1 fully saturated rings. The third kappa shape index (κ3) is 2.81. The molecule has 3 atom stereocenters. The lowest BCUT2D eigenvalue weighted by atomic mass is 9.88. The number of benzene rings is 1. The summed E-state index contributed by atoms with van der Waals surface area (Å²) in [5, 5.41) is 10.3. The third-order valence-corrected chi connectivity index (χ3v) is 4.43. The smallest absolute Gasteiger partial charge is 0.0762 e. The fraction of sp³-hybridized carbons (Fsp3) is 0.600. The van der Waals surface area contributed by atoms with Crippen molar-refractivity contribution >= 4 is 17.3 Å². The largest absolute Gasteiger partial charge is 0.389 e. The van der Waals surface area contributed by atoms with Crippen LogP contribution in [0, 0.1) is 11.8 Å². The lowest BCUT2D eigenvalue weighted by Crippen LogP contribution is -2.38. The molecular formula is C15H22ClNO. The molecule has 0 spiro atoms. The average molecular weight is 268 g/mol. The minimum atomic E-state index is -0.461. The first kappa shape index (κ1) is 13.7. The lowest BCUT2D eigenvalue weighted by molar-refractivity contribution is 0.199. The predicted molar refractivity (Wildman–Crippen MR) is 77.2 cm³/mol. The molecule has 2 unspecified atom stereocenters. The monoisotopic (exact) mass is 267 g/mol. The highest BCUT2D eigenvalue weighted by Crippen LogP contribution is 2.33. The number of aliphatic hydroxyl groups excluding tert-OH is 1. The van der Waals surface area contributed by atoms with E-state index in [0.717, 1.165) is 35.3 Å². The number of rotatable bonds is 2. The average Bonchev–Trinajstić information content (AvgIpc) is 2.32. The summed E-state index contributed by atoms with van der Waals surface area (Å²) in [6.45, 7) is 8.51. The van der Waals surface area contributed by atoms with Gasteiger partial charge in [0.2, 0.25) is 0 Å². The van der Waals surface area contributed by atoms with E-state index in [1.54, 1.807) is 6.92 Å². The van der Waals surface area contributed by atoms with Crippen molar-refractivity contribution in [1.29, 1.82) is 0 Å². The third-order valence-electron chi connectivity index (χ3n) is 4.13.